The Balaban J connectivity index is 2.50. The zero-order valence-electron chi connectivity index (χ0n) is 9.59. The molecule has 0 spiro atoms. The average molecular weight is 220 g/mol. The topological polar surface area (TPSA) is 72.3 Å². The summed E-state index contributed by atoms with van der Waals surface area (Å²) in [4.78, 5) is 6.46. The van der Waals surface area contributed by atoms with Crippen LogP contribution in [0, 0.1) is 6.92 Å². The molecule has 2 rings (SSSR count). The van der Waals surface area contributed by atoms with Gasteiger partial charge in [0.2, 0.25) is 5.65 Å². The summed E-state index contributed by atoms with van der Waals surface area (Å²) in [6.07, 6.45) is 3.63. The van der Waals surface area contributed by atoms with Crippen molar-refractivity contribution in [2.45, 2.75) is 13.8 Å². The molecular formula is C10H16N6. The van der Waals surface area contributed by atoms with Gasteiger partial charge in [-0.05, 0) is 13.8 Å². The number of nitrogens with two attached hydrogens (primary N) is 1. The molecular weight excluding hydrogens is 204 g/mol. The number of rotatable bonds is 4. The molecule has 0 saturated carbocycles. The average Bonchev–Trinajstić information content (AvgIpc) is 2.68. The predicted octanol–water partition coefficient (Wildman–Crippen LogP) is 0.218. The first-order chi connectivity index (χ1) is 7.77. The van der Waals surface area contributed by atoms with Gasteiger partial charge in [-0.1, -0.05) is 0 Å². The molecule has 2 aromatic rings. The number of fused-ring (bicyclic) bond motifs is 1. The molecule has 6 nitrogen and oxygen atoms in total. The monoisotopic (exact) mass is 220 g/mol. The Morgan fingerprint density at radius 3 is 2.94 bits per heavy atom. The second-order valence-electron chi connectivity index (χ2n) is 3.56. The highest BCUT2D eigenvalue weighted by atomic mass is 15.3. The Morgan fingerprint density at radius 2 is 2.25 bits per heavy atom. The zero-order chi connectivity index (χ0) is 11.5. The van der Waals surface area contributed by atoms with Crippen LogP contribution in [0.15, 0.2) is 12.4 Å². The molecule has 2 N–H and O–H groups in total. The second kappa shape index (κ2) is 4.44. The lowest BCUT2D eigenvalue weighted by Crippen LogP contribution is -2.30. The molecule has 0 amide bonds. The third-order valence-corrected chi connectivity index (χ3v) is 2.56. The number of hydrogen-bond acceptors (Lipinski definition) is 5. The van der Waals surface area contributed by atoms with E-state index in [1.54, 1.807) is 6.20 Å². The minimum atomic E-state index is 0.601. The Morgan fingerprint density at radius 1 is 1.44 bits per heavy atom. The summed E-state index contributed by atoms with van der Waals surface area (Å²) in [5.74, 6) is 1.71. The maximum atomic E-state index is 5.58. The van der Waals surface area contributed by atoms with Crippen LogP contribution < -0.4 is 10.6 Å². The summed E-state index contributed by atoms with van der Waals surface area (Å²) in [6, 6.07) is 0. The largest absolute Gasteiger partial charge is 0.352 e. The number of likely N-dealkylation sites (N-methyl/N-ethyl adjacent to an activating group) is 1. The minimum absolute atomic E-state index is 0.601. The van der Waals surface area contributed by atoms with Crippen LogP contribution in [0.4, 0.5) is 5.82 Å². The number of nitrogens with zero attached hydrogens (tertiary/aromatic N) is 5. The molecule has 0 fully saturated rings. The van der Waals surface area contributed by atoms with Gasteiger partial charge >= 0.3 is 0 Å². The molecule has 0 atom stereocenters. The van der Waals surface area contributed by atoms with Gasteiger partial charge in [0.15, 0.2) is 5.82 Å². The lowest BCUT2D eigenvalue weighted by molar-refractivity contribution is 0.799. The van der Waals surface area contributed by atoms with Gasteiger partial charge in [-0.15, -0.1) is 10.2 Å². The van der Waals surface area contributed by atoms with Gasteiger partial charge < -0.3 is 10.6 Å². The summed E-state index contributed by atoms with van der Waals surface area (Å²) >= 11 is 0. The van der Waals surface area contributed by atoms with Gasteiger partial charge in [0.25, 0.3) is 0 Å². The van der Waals surface area contributed by atoms with Gasteiger partial charge in [0.05, 0.1) is 0 Å². The number of aromatic nitrogens is 4. The van der Waals surface area contributed by atoms with Crippen molar-refractivity contribution in [3.8, 4) is 0 Å². The van der Waals surface area contributed by atoms with E-state index < -0.39 is 0 Å². The van der Waals surface area contributed by atoms with E-state index in [-0.39, 0.29) is 0 Å². The van der Waals surface area contributed by atoms with E-state index in [0.29, 0.717) is 6.54 Å². The highest BCUT2D eigenvalue weighted by Gasteiger charge is 2.12. The van der Waals surface area contributed by atoms with Crippen LogP contribution in [-0.2, 0) is 0 Å². The molecule has 2 aromatic heterocycles. The normalized spacial score (nSPS) is 10.9. The predicted molar refractivity (Wildman–Crippen MR) is 62.5 cm³/mol. The first-order valence-electron chi connectivity index (χ1n) is 5.39. The quantitative estimate of drug-likeness (QED) is 0.798. The summed E-state index contributed by atoms with van der Waals surface area (Å²) in [5.41, 5.74) is 6.37. The van der Waals surface area contributed by atoms with E-state index in [1.165, 1.54) is 0 Å². The van der Waals surface area contributed by atoms with E-state index in [4.69, 9.17) is 5.73 Å². The van der Waals surface area contributed by atoms with Crippen molar-refractivity contribution >= 4 is 11.5 Å². The number of aryl methyl sites for hydroxylation is 1. The van der Waals surface area contributed by atoms with Crippen LogP contribution in [0.5, 0.6) is 0 Å². The molecule has 0 saturated heterocycles. The van der Waals surface area contributed by atoms with Crippen LogP contribution >= 0.6 is 0 Å². The summed E-state index contributed by atoms with van der Waals surface area (Å²) in [6.45, 7) is 6.22. The van der Waals surface area contributed by atoms with Crippen LogP contribution in [0.25, 0.3) is 5.65 Å². The molecule has 0 aliphatic rings. The maximum absolute atomic E-state index is 5.58. The summed E-state index contributed by atoms with van der Waals surface area (Å²) in [7, 11) is 0. The maximum Gasteiger partial charge on any atom is 0.203 e. The van der Waals surface area contributed by atoms with Gasteiger partial charge in [-0.3, -0.25) is 4.40 Å². The molecule has 0 bridgehead atoms. The molecule has 86 valence electrons. The van der Waals surface area contributed by atoms with Crippen LogP contribution in [-0.4, -0.2) is 39.2 Å². The fourth-order valence-corrected chi connectivity index (χ4v) is 1.72. The molecule has 0 aliphatic carbocycles. The van der Waals surface area contributed by atoms with E-state index in [1.807, 2.05) is 17.5 Å². The Bertz CT molecular complexity index is 477. The van der Waals surface area contributed by atoms with Crippen molar-refractivity contribution in [2.75, 3.05) is 24.5 Å². The fourth-order valence-electron chi connectivity index (χ4n) is 1.72. The molecule has 0 unspecified atom stereocenters. The lowest BCUT2D eigenvalue weighted by Gasteiger charge is -2.20. The molecule has 16 heavy (non-hydrogen) atoms. The first-order valence-corrected chi connectivity index (χ1v) is 5.39. The third-order valence-electron chi connectivity index (χ3n) is 2.56. The van der Waals surface area contributed by atoms with Crippen LogP contribution in [0.1, 0.15) is 12.7 Å². The molecule has 0 aromatic carbocycles. The SMILES string of the molecule is CCN(CCN)c1nccn2c(C)nnc12. The van der Waals surface area contributed by atoms with Crippen molar-refractivity contribution < 1.29 is 0 Å². The van der Waals surface area contributed by atoms with Gasteiger partial charge in [-0.2, -0.15) is 0 Å². The summed E-state index contributed by atoms with van der Waals surface area (Å²) in [5, 5.41) is 8.19. The fraction of sp³-hybridized carbons (Fsp3) is 0.500. The standard InChI is InChI=1S/C10H16N6/c1-3-15(6-4-11)9-10-14-13-8(2)16(10)7-5-12-9/h5,7H,3-4,6,11H2,1-2H3. The van der Waals surface area contributed by atoms with E-state index >= 15 is 0 Å². The Kier molecular flexibility index (Phi) is 3.00. The van der Waals surface area contributed by atoms with Crippen molar-refractivity contribution in [1.82, 2.24) is 19.6 Å². The first kappa shape index (κ1) is 10.8. The highest BCUT2D eigenvalue weighted by molar-refractivity contribution is 5.63. The lowest BCUT2D eigenvalue weighted by atomic mass is 10.4. The molecule has 0 aliphatic heterocycles. The van der Waals surface area contributed by atoms with Gasteiger partial charge in [0, 0.05) is 32.0 Å². The molecule has 6 heteroatoms. The molecule has 2 heterocycles. The van der Waals surface area contributed by atoms with E-state index in [2.05, 4.69) is 27.0 Å². The smallest absolute Gasteiger partial charge is 0.203 e. The van der Waals surface area contributed by atoms with E-state index in [9.17, 15) is 0 Å². The van der Waals surface area contributed by atoms with Crippen molar-refractivity contribution in [1.29, 1.82) is 0 Å². The summed E-state index contributed by atoms with van der Waals surface area (Å²) < 4.78 is 1.93. The third kappa shape index (κ3) is 1.71. The Hall–Kier alpha value is -1.69. The van der Waals surface area contributed by atoms with E-state index in [0.717, 1.165) is 30.4 Å². The second-order valence-corrected chi connectivity index (χ2v) is 3.56. The van der Waals surface area contributed by atoms with Crippen LogP contribution in [0.2, 0.25) is 0 Å². The Labute approximate surface area is 94.1 Å². The van der Waals surface area contributed by atoms with Gasteiger partial charge in [-0.25, -0.2) is 4.98 Å². The van der Waals surface area contributed by atoms with Crippen molar-refractivity contribution in [3.05, 3.63) is 18.2 Å². The highest BCUT2D eigenvalue weighted by Crippen LogP contribution is 2.16. The van der Waals surface area contributed by atoms with Crippen LogP contribution in [0.3, 0.4) is 0 Å². The molecule has 0 radical (unpaired) electrons. The van der Waals surface area contributed by atoms with Gasteiger partial charge in [0.1, 0.15) is 5.82 Å². The number of anilines is 1. The zero-order valence-corrected chi connectivity index (χ0v) is 9.59. The van der Waals surface area contributed by atoms with Crippen molar-refractivity contribution in [2.24, 2.45) is 5.73 Å². The number of hydrogen-bond donors (Lipinski definition) is 1. The van der Waals surface area contributed by atoms with Crippen molar-refractivity contribution in [3.63, 3.8) is 0 Å². The minimum Gasteiger partial charge on any atom is -0.352 e.